The number of aromatic nitrogens is 1. The second kappa shape index (κ2) is 6.42. The van der Waals surface area contributed by atoms with Crippen molar-refractivity contribution in [2.75, 3.05) is 13.6 Å². The Balaban J connectivity index is 1.72. The third-order valence-electron chi connectivity index (χ3n) is 3.70. The SMILES string of the molecule is CN(Cc1ccc(-c2nc(CCl)cs2)cc1F)CC1CC1. The maximum Gasteiger partial charge on any atom is 0.128 e. The summed E-state index contributed by atoms with van der Waals surface area (Å²) < 4.78 is 14.3. The molecule has 1 aliphatic rings. The molecule has 1 saturated carbocycles. The summed E-state index contributed by atoms with van der Waals surface area (Å²) in [7, 11) is 2.05. The fourth-order valence-corrected chi connectivity index (χ4v) is 3.45. The molecule has 112 valence electrons. The van der Waals surface area contributed by atoms with E-state index >= 15 is 0 Å². The Morgan fingerprint density at radius 2 is 2.24 bits per heavy atom. The quantitative estimate of drug-likeness (QED) is 0.726. The first-order valence-corrected chi connectivity index (χ1v) is 8.55. The lowest BCUT2D eigenvalue weighted by Crippen LogP contribution is -2.21. The highest BCUT2D eigenvalue weighted by atomic mass is 35.5. The van der Waals surface area contributed by atoms with Crippen LogP contribution in [0.25, 0.3) is 10.6 Å². The van der Waals surface area contributed by atoms with Crippen molar-refractivity contribution in [3.63, 3.8) is 0 Å². The van der Waals surface area contributed by atoms with Gasteiger partial charge in [0.2, 0.25) is 0 Å². The molecule has 1 aromatic carbocycles. The molecule has 0 unspecified atom stereocenters. The molecule has 1 heterocycles. The Hall–Kier alpha value is -0.970. The monoisotopic (exact) mass is 324 g/mol. The molecule has 1 fully saturated rings. The number of halogens is 2. The largest absolute Gasteiger partial charge is 0.302 e. The highest BCUT2D eigenvalue weighted by Gasteiger charge is 2.23. The number of nitrogens with zero attached hydrogens (tertiary/aromatic N) is 2. The van der Waals surface area contributed by atoms with E-state index in [0.29, 0.717) is 12.4 Å². The van der Waals surface area contributed by atoms with Crippen LogP contribution >= 0.6 is 22.9 Å². The van der Waals surface area contributed by atoms with E-state index in [2.05, 4.69) is 16.9 Å². The summed E-state index contributed by atoms with van der Waals surface area (Å²) in [6.45, 7) is 1.72. The Morgan fingerprint density at radius 3 is 2.86 bits per heavy atom. The zero-order valence-electron chi connectivity index (χ0n) is 12.0. The summed E-state index contributed by atoms with van der Waals surface area (Å²) in [4.78, 5) is 6.59. The van der Waals surface area contributed by atoms with Gasteiger partial charge in [-0.2, -0.15) is 0 Å². The lowest BCUT2D eigenvalue weighted by Gasteiger charge is -2.16. The van der Waals surface area contributed by atoms with E-state index in [9.17, 15) is 4.39 Å². The van der Waals surface area contributed by atoms with Gasteiger partial charge >= 0.3 is 0 Å². The third-order valence-corrected chi connectivity index (χ3v) is 4.91. The molecule has 0 atom stereocenters. The van der Waals surface area contributed by atoms with E-state index in [-0.39, 0.29) is 5.82 Å². The zero-order chi connectivity index (χ0) is 14.8. The van der Waals surface area contributed by atoms with Gasteiger partial charge in [0.25, 0.3) is 0 Å². The van der Waals surface area contributed by atoms with Crippen LogP contribution in [0.4, 0.5) is 4.39 Å². The van der Waals surface area contributed by atoms with Crippen molar-refractivity contribution in [1.29, 1.82) is 0 Å². The van der Waals surface area contributed by atoms with Gasteiger partial charge in [-0.3, -0.25) is 0 Å². The van der Waals surface area contributed by atoms with Gasteiger partial charge in [-0.25, -0.2) is 9.37 Å². The first kappa shape index (κ1) is 14.9. The highest BCUT2D eigenvalue weighted by Crippen LogP contribution is 2.30. The van der Waals surface area contributed by atoms with Gasteiger partial charge in [0.1, 0.15) is 10.8 Å². The van der Waals surface area contributed by atoms with Gasteiger partial charge in [0.05, 0.1) is 11.6 Å². The predicted molar refractivity (Wildman–Crippen MR) is 86.1 cm³/mol. The standard InChI is InChI=1S/C16H18ClFN2S/c1-20(8-11-2-3-11)9-13-5-4-12(6-15(13)18)16-19-14(7-17)10-21-16/h4-6,10-11H,2-3,7-9H2,1H3. The van der Waals surface area contributed by atoms with Crippen LogP contribution in [0.15, 0.2) is 23.6 Å². The molecule has 0 bridgehead atoms. The van der Waals surface area contributed by atoms with Crippen molar-refractivity contribution in [3.05, 3.63) is 40.7 Å². The summed E-state index contributed by atoms with van der Waals surface area (Å²) in [6.07, 6.45) is 2.64. The Bertz CT molecular complexity index is 624. The van der Waals surface area contributed by atoms with E-state index in [0.717, 1.165) is 34.3 Å². The molecular weight excluding hydrogens is 307 g/mol. The molecule has 0 N–H and O–H groups in total. The first-order chi connectivity index (χ1) is 10.2. The maximum atomic E-state index is 14.3. The molecule has 3 rings (SSSR count). The van der Waals surface area contributed by atoms with Crippen LogP contribution < -0.4 is 0 Å². The maximum absolute atomic E-state index is 14.3. The Kier molecular flexibility index (Phi) is 4.57. The van der Waals surface area contributed by atoms with Gasteiger partial charge in [-0.1, -0.05) is 12.1 Å². The fourth-order valence-electron chi connectivity index (χ4n) is 2.41. The van der Waals surface area contributed by atoms with E-state index in [1.165, 1.54) is 24.2 Å². The van der Waals surface area contributed by atoms with Gasteiger partial charge in [0, 0.05) is 29.6 Å². The average Bonchev–Trinajstić information content (AvgIpc) is 3.14. The van der Waals surface area contributed by atoms with Crippen LogP contribution in [0, 0.1) is 11.7 Å². The van der Waals surface area contributed by atoms with Crippen LogP contribution in [0.1, 0.15) is 24.1 Å². The van der Waals surface area contributed by atoms with Crippen LogP contribution in [0.5, 0.6) is 0 Å². The van der Waals surface area contributed by atoms with Gasteiger partial charge in [-0.15, -0.1) is 22.9 Å². The number of benzene rings is 1. The van der Waals surface area contributed by atoms with Gasteiger partial charge in [-0.05, 0) is 31.9 Å². The van der Waals surface area contributed by atoms with Crippen LogP contribution in [-0.4, -0.2) is 23.5 Å². The van der Waals surface area contributed by atoms with Crippen molar-refractivity contribution in [1.82, 2.24) is 9.88 Å². The number of hydrogen-bond donors (Lipinski definition) is 0. The molecule has 1 aliphatic carbocycles. The van der Waals surface area contributed by atoms with Crippen molar-refractivity contribution in [2.45, 2.75) is 25.3 Å². The molecule has 21 heavy (non-hydrogen) atoms. The minimum Gasteiger partial charge on any atom is -0.302 e. The van der Waals surface area contributed by atoms with E-state index in [4.69, 9.17) is 11.6 Å². The fraction of sp³-hybridized carbons (Fsp3) is 0.438. The lowest BCUT2D eigenvalue weighted by molar-refractivity contribution is 0.308. The normalized spacial score (nSPS) is 14.9. The minimum absolute atomic E-state index is 0.155. The summed E-state index contributed by atoms with van der Waals surface area (Å²) in [5, 5.41) is 2.74. The lowest BCUT2D eigenvalue weighted by atomic mass is 10.1. The Labute approximate surface area is 133 Å². The molecule has 5 heteroatoms. The zero-order valence-corrected chi connectivity index (χ0v) is 13.6. The average molecular weight is 325 g/mol. The summed E-state index contributed by atoms with van der Waals surface area (Å²) in [6, 6.07) is 5.40. The second-order valence-electron chi connectivity index (χ2n) is 5.72. The summed E-state index contributed by atoms with van der Waals surface area (Å²) in [5.74, 6) is 1.06. The van der Waals surface area contributed by atoms with Crippen molar-refractivity contribution in [2.24, 2.45) is 5.92 Å². The molecule has 2 nitrogen and oxygen atoms in total. The topological polar surface area (TPSA) is 16.1 Å². The molecule has 0 radical (unpaired) electrons. The number of thiazole rings is 1. The van der Waals surface area contributed by atoms with Crippen LogP contribution in [0.2, 0.25) is 0 Å². The second-order valence-corrected chi connectivity index (χ2v) is 6.85. The smallest absolute Gasteiger partial charge is 0.128 e. The highest BCUT2D eigenvalue weighted by molar-refractivity contribution is 7.13. The van der Waals surface area contributed by atoms with Crippen molar-refractivity contribution >= 4 is 22.9 Å². The predicted octanol–water partition coefficient (Wildman–Crippen LogP) is 4.53. The first-order valence-electron chi connectivity index (χ1n) is 7.13. The molecule has 0 amide bonds. The minimum atomic E-state index is -0.155. The summed E-state index contributed by atoms with van der Waals surface area (Å²) in [5.41, 5.74) is 2.41. The van der Waals surface area contributed by atoms with Crippen LogP contribution in [0.3, 0.4) is 0 Å². The van der Waals surface area contributed by atoms with Crippen molar-refractivity contribution in [3.8, 4) is 10.6 Å². The molecule has 2 aromatic rings. The van der Waals surface area contributed by atoms with Gasteiger partial charge in [0.15, 0.2) is 0 Å². The van der Waals surface area contributed by atoms with E-state index in [1.54, 1.807) is 6.07 Å². The molecule has 0 spiro atoms. The molecule has 0 aliphatic heterocycles. The van der Waals surface area contributed by atoms with E-state index < -0.39 is 0 Å². The van der Waals surface area contributed by atoms with Crippen molar-refractivity contribution < 1.29 is 4.39 Å². The molecular formula is C16H18ClFN2S. The third kappa shape index (κ3) is 3.82. The number of rotatable bonds is 6. The summed E-state index contributed by atoms with van der Waals surface area (Å²) >= 11 is 7.25. The van der Waals surface area contributed by atoms with E-state index in [1.807, 2.05) is 17.5 Å². The molecule has 1 aromatic heterocycles. The Morgan fingerprint density at radius 1 is 1.43 bits per heavy atom. The van der Waals surface area contributed by atoms with Gasteiger partial charge < -0.3 is 4.90 Å². The van der Waals surface area contributed by atoms with Crippen LogP contribution in [-0.2, 0) is 12.4 Å². The molecule has 0 saturated heterocycles. The number of alkyl halides is 1. The number of hydrogen-bond acceptors (Lipinski definition) is 3.